The minimum atomic E-state index is 0.404. The molecule has 1 aromatic carbocycles. The fraction of sp³-hybridized carbons (Fsp3) is 0.500. The van der Waals surface area contributed by atoms with Crippen LogP contribution in [0.1, 0.15) is 31.2 Å². The van der Waals surface area contributed by atoms with Gasteiger partial charge in [-0.3, -0.25) is 9.88 Å². The number of pyridine rings is 1. The lowest BCUT2D eigenvalue weighted by atomic mass is 9.94. The standard InChI is InChI=1S/C18H23N3/c1-2-6-17-16(5-1)15(7-10-19-17)13-21-12-11-20-18(14-21)8-3-4-9-18/h1-2,5-7,10,20H,3-4,8-9,11-14H2. The molecule has 0 radical (unpaired) electrons. The molecule has 3 heteroatoms. The molecule has 0 amide bonds. The zero-order chi connectivity index (χ0) is 14.1. The smallest absolute Gasteiger partial charge is 0.0705 e. The summed E-state index contributed by atoms with van der Waals surface area (Å²) in [6.45, 7) is 4.53. The summed E-state index contributed by atoms with van der Waals surface area (Å²) in [5.41, 5.74) is 2.93. The Balaban J connectivity index is 1.57. The predicted molar refractivity (Wildman–Crippen MR) is 86.2 cm³/mol. The van der Waals surface area contributed by atoms with Gasteiger partial charge in [0.25, 0.3) is 0 Å². The first-order chi connectivity index (χ1) is 10.3. The van der Waals surface area contributed by atoms with E-state index < -0.39 is 0 Å². The third-order valence-electron chi connectivity index (χ3n) is 5.15. The molecular formula is C18H23N3. The summed E-state index contributed by atoms with van der Waals surface area (Å²) in [5, 5.41) is 5.10. The van der Waals surface area contributed by atoms with Crippen molar-refractivity contribution < 1.29 is 0 Å². The van der Waals surface area contributed by atoms with Gasteiger partial charge in [-0.05, 0) is 30.5 Å². The Morgan fingerprint density at radius 1 is 1.14 bits per heavy atom. The Kier molecular flexibility index (Phi) is 3.40. The molecule has 1 aliphatic heterocycles. The quantitative estimate of drug-likeness (QED) is 0.917. The van der Waals surface area contributed by atoms with Crippen LogP contribution in [0.4, 0.5) is 0 Å². The second-order valence-corrected chi connectivity index (χ2v) is 6.61. The molecule has 1 spiro atoms. The summed E-state index contributed by atoms with van der Waals surface area (Å²) in [4.78, 5) is 7.10. The van der Waals surface area contributed by atoms with E-state index in [4.69, 9.17) is 0 Å². The molecule has 2 fully saturated rings. The first-order valence-electron chi connectivity index (χ1n) is 8.15. The SMILES string of the molecule is c1ccc2c(CN3CCNC4(CCCC4)C3)ccnc2c1. The predicted octanol–water partition coefficient (Wildman–Crippen LogP) is 2.95. The van der Waals surface area contributed by atoms with E-state index in [1.807, 2.05) is 6.20 Å². The van der Waals surface area contributed by atoms with Crippen LogP contribution in [0.25, 0.3) is 10.9 Å². The lowest BCUT2D eigenvalue weighted by Gasteiger charge is -2.41. The van der Waals surface area contributed by atoms with Crippen molar-refractivity contribution in [1.29, 1.82) is 0 Å². The summed E-state index contributed by atoms with van der Waals surface area (Å²) in [5.74, 6) is 0. The first kappa shape index (κ1) is 13.2. The molecule has 1 saturated heterocycles. The molecule has 3 nitrogen and oxygen atoms in total. The van der Waals surface area contributed by atoms with Gasteiger partial charge in [-0.25, -0.2) is 0 Å². The molecule has 2 aromatic rings. The Morgan fingerprint density at radius 3 is 2.90 bits per heavy atom. The number of rotatable bonds is 2. The van der Waals surface area contributed by atoms with Gasteiger partial charge in [0.15, 0.2) is 0 Å². The average Bonchev–Trinajstić information content (AvgIpc) is 2.95. The van der Waals surface area contributed by atoms with Crippen molar-refractivity contribution in [2.75, 3.05) is 19.6 Å². The van der Waals surface area contributed by atoms with Crippen LogP contribution in [0, 0.1) is 0 Å². The van der Waals surface area contributed by atoms with E-state index in [-0.39, 0.29) is 0 Å². The number of aromatic nitrogens is 1. The van der Waals surface area contributed by atoms with Gasteiger partial charge in [0.2, 0.25) is 0 Å². The highest BCUT2D eigenvalue weighted by Crippen LogP contribution is 2.32. The molecule has 110 valence electrons. The molecule has 2 heterocycles. The summed E-state index contributed by atoms with van der Waals surface area (Å²) in [6, 6.07) is 10.7. The number of piperazine rings is 1. The maximum absolute atomic E-state index is 4.48. The maximum Gasteiger partial charge on any atom is 0.0705 e. The molecule has 0 atom stereocenters. The Hall–Kier alpha value is -1.45. The van der Waals surface area contributed by atoms with Gasteiger partial charge in [0, 0.05) is 43.3 Å². The van der Waals surface area contributed by atoms with Crippen LogP contribution >= 0.6 is 0 Å². The topological polar surface area (TPSA) is 28.2 Å². The van der Waals surface area contributed by atoms with Crippen molar-refractivity contribution in [1.82, 2.24) is 15.2 Å². The van der Waals surface area contributed by atoms with Gasteiger partial charge in [-0.2, -0.15) is 0 Å². The number of nitrogens with zero attached hydrogens (tertiary/aromatic N) is 2. The van der Waals surface area contributed by atoms with E-state index in [1.165, 1.54) is 43.2 Å². The number of hydrogen-bond acceptors (Lipinski definition) is 3. The highest BCUT2D eigenvalue weighted by atomic mass is 15.2. The van der Waals surface area contributed by atoms with Crippen molar-refractivity contribution in [3.8, 4) is 0 Å². The zero-order valence-corrected chi connectivity index (χ0v) is 12.5. The Labute approximate surface area is 126 Å². The third-order valence-corrected chi connectivity index (χ3v) is 5.15. The van der Waals surface area contributed by atoms with Gasteiger partial charge < -0.3 is 5.32 Å². The summed E-state index contributed by atoms with van der Waals surface area (Å²) < 4.78 is 0. The lowest BCUT2D eigenvalue weighted by Crippen LogP contribution is -2.58. The average molecular weight is 281 g/mol. The van der Waals surface area contributed by atoms with Gasteiger partial charge in [-0.15, -0.1) is 0 Å². The molecule has 0 unspecified atom stereocenters. The molecule has 0 bridgehead atoms. The number of nitrogens with one attached hydrogen (secondary N) is 1. The van der Waals surface area contributed by atoms with Crippen LogP contribution in [0.5, 0.6) is 0 Å². The lowest BCUT2D eigenvalue weighted by molar-refractivity contribution is 0.129. The first-order valence-corrected chi connectivity index (χ1v) is 8.15. The maximum atomic E-state index is 4.48. The normalized spacial score (nSPS) is 22.1. The van der Waals surface area contributed by atoms with Gasteiger partial charge in [-0.1, -0.05) is 31.0 Å². The van der Waals surface area contributed by atoms with Gasteiger partial charge >= 0.3 is 0 Å². The summed E-state index contributed by atoms with van der Waals surface area (Å²) in [6.07, 6.45) is 7.42. The molecule has 1 aliphatic carbocycles. The van der Waals surface area contributed by atoms with Crippen LogP contribution in [-0.4, -0.2) is 35.1 Å². The van der Waals surface area contributed by atoms with E-state index >= 15 is 0 Å². The summed E-state index contributed by atoms with van der Waals surface area (Å²) >= 11 is 0. The van der Waals surface area contributed by atoms with Crippen molar-refractivity contribution in [3.05, 3.63) is 42.1 Å². The zero-order valence-electron chi connectivity index (χ0n) is 12.5. The van der Waals surface area contributed by atoms with E-state index in [9.17, 15) is 0 Å². The van der Waals surface area contributed by atoms with E-state index in [0.717, 1.165) is 25.2 Å². The molecule has 1 N–H and O–H groups in total. The van der Waals surface area contributed by atoms with Crippen molar-refractivity contribution in [3.63, 3.8) is 0 Å². The van der Waals surface area contributed by atoms with Crippen LogP contribution < -0.4 is 5.32 Å². The minimum absolute atomic E-state index is 0.404. The number of para-hydroxylation sites is 1. The van der Waals surface area contributed by atoms with Crippen molar-refractivity contribution >= 4 is 10.9 Å². The second-order valence-electron chi connectivity index (χ2n) is 6.61. The van der Waals surface area contributed by atoms with E-state index in [0.29, 0.717) is 5.54 Å². The van der Waals surface area contributed by atoms with Gasteiger partial charge in [0.05, 0.1) is 5.52 Å². The molecule has 4 rings (SSSR count). The number of hydrogen-bond donors (Lipinski definition) is 1. The second kappa shape index (κ2) is 5.39. The van der Waals surface area contributed by atoms with Crippen LogP contribution in [0.15, 0.2) is 36.5 Å². The van der Waals surface area contributed by atoms with Crippen LogP contribution in [0.3, 0.4) is 0 Å². The minimum Gasteiger partial charge on any atom is -0.309 e. The van der Waals surface area contributed by atoms with Crippen LogP contribution in [-0.2, 0) is 6.54 Å². The summed E-state index contributed by atoms with van der Waals surface area (Å²) in [7, 11) is 0. The highest BCUT2D eigenvalue weighted by Gasteiger charge is 2.37. The monoisotopic (exact) mass is 281 g/mol. The van der Waals surface area contributed by atoms with E-state index in [2.05, 4.69) is 45.5 Å². The number of benzene rings is 1. The third kappa shape index (κ3) is 2.56. The van der Waals surface area contributed by atoms with Crippen molar-refractivity contribution in [2.24, 2.45) is 0 Å². The fourth-order valence-corrected chi connectivity index (χ4v) is 4.10. The van der Waals surface area contributed by atoms with Gasteiger partial charge in [0.1, 0.15) is 0 Å². The molecule has 1 saturated carbocycles. The molecular weight excluding hydrogens is 258 g/mol. The molecule has 21 heavy (non-hydrogen) atoms. The fourth-order valence-electron chi connectivity index (χ4n) is 4.10. The number of fused-ring (bicyclic) bond motifs is 1. The molecule has 2 aliphatic rings. The Morgan fingerprint density at radius 2 is 2.00 bits per heavy atom. The Bertz CT molecular complexity index is 626. The largest absolute Gasteiger partial charge is 0.309 e. The van der Waals surface area contributed by atoms with Crippen LogP contribution in [0.2, 0.25) is 0 Å². The van der Waals surface area contributed by atoms with E-state index in [1.54, 1.807) is 0 Å². The molecule has 1 aromatic heterocycles. The highest BCUT2D eigenvalue weighted by molar-refractivity contribution is 5.81. The van der Waals surface area contributed by atoms with Crippen molar-refractivity contribution in [2.45, 2.75) is 37.8 Å².